The fourth-order valence-electron chi connectivity index (χ4n) is 1.78. The van der Waals surface area contributed by atoms with Gasteiger partial charge in [-0.3, -0.25) is 10.1 Å². The van der Waals surface area contributed by atoms with Crippen LogP contribution >= 0.6 is 11.6 Å². The SMILES string of the molecule is CCC(C)(NCc1coc(-c2cccc(Cl)c2)n1)C(=O)O. The molecule has 112 valence electrons. The number of rotatable bonds is 6. The van der Waals surface area contributed by atoms with Crippen LogP contribution in [0.15, 0.2) is 34.9 Å². The predicted molar refractivity (Wildman–Crippen MR) is 80.1 cm³/mol. The lowest BCUT2D eigenvalue weighted by Gasteiger charge is -2.23. The first kappa shape index (κ1) is 15.5. The maximum atomic E-state index is 11.2. The Hall–Kier alpha value is -1.85. The van der Waals surface area contributed by atoms with E-state index in [9.17, 15) is 9.90 Å². The fourth-order valence-corrected chi connectivity index (χ4v) is 1.97. The Kier molecular flexibility index (Phi) is 4.65. The van der Waals surface area contributed by atoms with Crippen LogP contribution in [0.25, 0.3) is 11.5 Å². The molecule has 0 radical (unpaired) electrons. The minimum Gasteiger partial charge on any atom is -0.480 e. The molecule has 0 saturated heterocycles. The van der Waals surface area contributed by atoms with Crippen molar-refractivity contribution in [3.63, 3.8) is 0 Å². The van der Waals surface area contributed by atoms with Crippen LogP contribution in [-0.2, 0) is 11.3 Å². The molecule has 0 aliphatic carbocycles. The number of halogens is 1. The third-order valence-corrected chi connectivity index (χ3v) is 3.70. The molecule has 1 aromatic carbocycles. The molecule has 2 rings (SSSR count). The van der Waals surface area contributed by atoms with Crippen LogP contribution in [0.1, 0.15) is 26.0 Å². The average molecular weight is 309 g/mol. The first-order valence-corrected chi connectivity index (χ1v) is 7.01. The van der Waals surface area contributed by atoms with E-state index >= 15 is 0 Å². The molecule has 0 amide bonds. The van der Waals surface area contributed by atoms with Gasteiger partial charge in [0.2, 0.25) is 5.89 Å². The summed E-state index contributed by atoms with van der Waals surface area (Å²) in [5, 5.41) is 12.8. The third-order valence-electron chi connectivity index (χ3n) is 3.46. The van der Waals surface area contributed by atoms with Crippen molar-refractivity contribution in [1.82, 2.24) is 10.3 Å². The molecule has 1 aromatic heterocycles. The van der Waals surface area contributed by atoms with Gasteiger partial charge in [0.05, 0.1) is 5.69 Å². The molecular weight excluding hydrogens is 292 g/mol. The number of aliphatic carboxylic acids is 1. The Morgan fingerprint density at radius 2 is 2.29 bits per heavy atom. The molecule has 1 heterocycles. The number of aromatic nitrogens is 1. The van der Waals surface area contributed by atoms with Crippen molar-refractivity contribution in [2.24, 2.45) is 0 Å². The van der Waals surface area contributed by atoms with Gasteiger partial charge in [-0.05, 0) is 31.5 Å². The van der Waals surface area contributed by atoms with Gasteiger partial charge in [0.15, 0.2) is 0 Å². The van der Waals surface area contributed by atoms with E-state index < -0.39 is 11.5 Å². The van der Waals surface area contributed by atoms with Gasteiger partial charge in [-0.15, -0.1) is 0 Å². The highest BCUT2D eigenvalue weighted by Gasteiger charge is 2.30. The minimum absolute atomic E-state index is 0.320. The van der Waals surface area contributed by atoms with Crippen molar-refractivity contribution in [3.8, 4) is 11.5 Å². The summed E-state index contributed by atoms with van der Waals surface area (Å²) < 4.78 is 5.41. The van der Waals surface area contributed by atoms with Crippen molar-refractivity contribution in [1.29, 1.82) is 0 Å². The monoisotopic (exact) mass is 308 g/mol. The molecule has 1 atom stereocenters. The zero-order chi connectivity index (χ0) is 15.5. The van der Waals surface area contributed by atoms with Crippen molar-refractivity contribution in [2.75, 3.05) is 0 Å². The molecule has 1 unspecified atom stereocenters. The minimum atomic E-state index is -0.977. The fraction of sp³-hybridized carbons (Fsp3) is 0.333. The maximum Gasteiger partial charge on any atom is 0.323 e. The van der Waals surface area contributed by atoms with E-state index in [0.29, 0.717) is 29.6 Å². The van der Waals surface area contributed by atoms with Crippen LogP contribution in [-0.4, -0.2) is 21.6 Å². The van der Waals surface area contributed by atoms with E-state index in [1.54, 1.807) is 19.1 Å². The van der Waals surface area contributed by atoms with E-state index in [-0.39, 0.29) is 0 Å². The van der Waals surface area contributed by atoms with Crippen LogP contribution in [0.4, 0.5) is 0 Å². The summed E-state index contributed by atoms with van der Waals surface area (Å²) in [5.74, 6) is -0.425. The third kappa shape index (κ3) is 3.62. The Morgan fingerprint density at radius 1 is 1.52 bits per heavy atom. The Labute approximate surface area is 128 Å². The maximum absolute atomic E-state index is 11.2. The summed E-state index contributed by atoms with van der Waals surface area (Å²) in [4.78, 5) is 15.6. The smallest absolute Gasteiger partial charge is 0.323 e. The van der Waals surface area contributed by atoms with E-state index in [4.69, 9.17) is 16.0 Å². The highest BCUT2D eigenvalue weighted by atomic mass is 35.5. The van der Waals surface area contributed by atoms with Crippen molar-refractivity contribution < 1.29 is 14.3 Å². The molecule has 0 aliphatic heterocycles. The second-order valence-corrected chi connectivity index (χ2v) is 5.44. The van der Waals surface area contributed by atoms with Crippen LogP contribution in [0.2, 0.25) is 5.02 Å². The molecule has 2 aromatic rings. The van der Waals surface area contributed by atoms with Crippen molar-refractivity contribution in [3.05, 3.63) is 41.2 Å². The molecular formula is C15H17ClN2O3. The zero-order valence-corrected chi connectivity index (χ0v) is 12.6. The van der Waals surface area contributed by atoms with Gasteiger partial charge in [0, 0.05) is 17.1 Å². The lowest BCUT2D eigenvalue weighted by Crippen LogP contribution is -2.48. The van der Waals surface area contributed by atoms with Gasteiger partial charge >= 0.3 is 5.97 Å². The second kappa shape index (κ2) is 6.28. The molecule has 0 bridgehead atoms. The first-order valence-electron chi connectivity index (χ1n) is 6.63. The number of hydrogen-bond donors (Lipinski definition) is 2. The Morgan fingerprint density at radius 3 is 2.90 bits per heavy atom. The largest absolute Gasteiger partial charge is 0.480 e. The molecule has 0 aliphatic rings. The lowest BCUT2D eigenvalue weighted by atomic mass is 9.99. The number of oxazole rings is 1. The van der Waals surface area contributed by atoms with E-state index in [1.807, 2.05) is 19.1 Å². The van der Waals surface area contributed by atoms with E-state index in [0.717, 1.165) is 5.56 Å². The molecule has 0 saturated carbocycles. The van der Waals surface area contributed by atoms with Crippen molar-refractivity contribution in [2.45, 2.75) is 32.4 Å². The zero-order valence-electron chi connectivity index (χ0n) is 11.9. The normalized spacial score (nSPS) is 13.9. The number of nitrogens with zero attached hydrogens (tertiary/aromatic N) is 1. The summed E-state index contributed by atoms with van der Waals surface area (Å²) in [6.07, 6.45) is 1.99. The van der Waals surface area contributed by atoms with Crippen LogP contribution in [0.5, 0.6) is 0 Å². The summed E-state index contributed by atoms with van der Waals surface area (Å²) in [7, 11) is 0. The molecule has 0 spiro atoms. The standard InChI is InChI=1S/C15H17ClN2O3/c1-3-15(2,14(19)20)17-8-12-9-21-13(18-12)10-5-4-6-11(16)7-10/h4-7,9,17H,3,8H2,1-2H3,(H,19,20). The Bertz CT molecular complexity index is 641. The quantitative estimate of drug-likeness (QED) is 0.856. The number of nitrogens with one attached hydrogen (secondary N) is 1. The van der Waals surface area contributed by atoms with Crippen LogP contribution in [0.3, 0.4) is 0 Å². The van der Waals surface area contributed by atoms with Crippen LogP contribution < -0.4 is 5.32 Å². The second-order valence-electron chi connectivity index (χ2n) is 5.00. The molecule has 21 heavy (non-hydrogen) atoms. The van der Waals surface area contributed by atoms with E-state index in [1.165, 1.54) is 6.26 Å². The van der Waals surface area contributed by atoms with Gasteiger partial charge in [-0.2, -0.15) is 0 Å². The Balaban J connectivity index is 2.09. The number of hydrogen-bond acceptors (Lipinski definition) is 4. The predicted octanol–water partition coefficient (Wildman–Crippen LogP) is 3.34. The molecule has 0 fully saturated rings. The van der Waals surface area contributed by atoms with Gasteiger partial charge in [0.25, 0.3) is 0 Å². The topological polar surface area (TPSA) is 75.4 Å². The molecule has 6 heteroatoms. The number of carboxylic acids is 1. The average Bonchev–Trinajstić information content (AvgIpc) is 2.93. The van der Waals surface area contributed by atoms with Crippen molar-refractivity contribution >= 4 is 17.6 Å². The summed E-state index contributed by atoms with van der Waals surface area (Å²) in [6.45, 7) is 3.79. The number of carboxylic acid groups (broad SMARTS) is 1. The molecule has 5 nitrogen and oxygen atoms in total. The highest BCUT2D eigenvalue weighted by molar-refractivity contribution is 6.30. The van der Waals surface area contributed by atoms with Gasteiger partial charge in [-0.1, -0.05) is 24.6 Å². The first-order chi connectivity index (χ1) is 9.94. The summed E-state index contributed by atoms with van der Waals surface area (Å²) >= 11 is 5.93. The van der Waals surface area contributed by atoms with Crippen LogP contribution in [0, 0.1) is 0 Å². The summed E-state index contributed by atoms with van der Waals surface area (Å²) in [6, 6.07) is 7.20. The molecule has 2 N–H and O–H groups in total. The lowest BCUT2D eigenvalue weighted by molar-refractivity contribution is -0.144. The highest BCUT2D eigenvalue weighted by Crippen LogP contribution is 2.22. The van der Waals surface area contributed by atoms with Gasteiger partial charge in [0.1, 0.15) is 11.8 Å². The summed E-state index contributed by atoms with van der Waals surface area (Å²) in [5.41, 5.74) is 0.450. The number of carbonyl (C=O) groups is 1. The van der Waals surface area contributed by atoms with Gasteiger partial charge in [-0.25, -0.2) is 4.98 Å². The van der Waals surface area contributed by atoms with Gasteiger partial charge < -0.3 is 9.52 Å². The number of benzene rings is 1. The van der Waals surface area contributed by atoms with E-state index in [2.05, 4.69) is 10.3 Å².